The van der Waals surface area contributed by atoms with Crippen molar-refractivity contribution in [1.29, 1.82) is 0 Å². The molecule has 1 N–H and O–H groups in total. The van der Waals surface area contributed by atoms with Crippen molar-refractivity contribution < 1.29 is 8.42 Å². The molecular weight excluding hydrogens is 451 g/mol. The van der Waals surface area contributed by atoms with Gasteiger partial charge in [-0.1, -0.05) is 0 Å². The highest BCUT2D eigenvalue weighted by atomic mass is 35.5. The number of nitrogens with one attached hydrogen (secondary N) is 1. The summed E-state index contributed by atoms with van der Waals surface area (Å²) in [6, 6.07) is 3.60. The number of hydrogen-bond acceptors (Lipinski definition) is 9. The monoisotopic (exact) mass is 478 g/mol. The summed E-state index contributed by atoms with van der Waals surface area (Å²) in [4.78, 5) is 20.8. The van der Waals surface area contributed by atoms with E-state index in [0.717, 1.165) is 32.1 Å². The molecule has 0 bridgehead atoms. The minimum Gasteiger partial charge on any atom is -0.338 e. The van der Waals surface area contributed by atoms with Crippen LogP contribution in [0.1, 0.15) is 0 Å². The highest BCUT2D eigenvalue weighted by Crippen LogP contribution is 2.11. The zero-order valence-corrected chi connectivity index (χ0v) is 19.2. The number of anilines is 2. The first-order valence-electron chi connectivity index (χ1n) is 9.24. The van der Waals surface area contributed by atoms with Gasteiger partial charge >= 0.3 is 0 Å². The van der Waals surface area contributed by atoms with Crippen molar-refractivity contribution in [3.05, 3.63) is 36.9 Å². The second-order valence-corrected chi connectivity index (χ2v) is 8.47. The molecule has 0 radical (unpaired) electrons. The Balaban J connectivity index is 0.000000290. The summed E-state index contributed by atoms with van der Waals surface area (Å²) in [5, 5.41) is 3.29. The lowest BCUT2D eigenvalue weighted by atomic mass is 10.4. The molecule has 30 heavy (non-hydrogen) atoms. The van der Waals surface area contributed by atoms with Crippen molar-refractivity contribution in [2.45, 2.75) is 0 Å². The number of aromatic nitrogens is 4. The van der Waals surface area contributed by atoms with Gasteiger partial charge in [0.25, 0.3) is 0 Å². The van der Waals surface area contributed by atoms with Crippen LogP contribution in [0.15, 0.2) is 36.9 Å². The van der Waals surface area contributed by atoms with Gasteiger partial charge < -0.3 is 15.1 Å². The largest absolute Gasteiger partial charge is 0.338 e. The summed E-state index contributed by atoms with van der Waals surface area (Å²) in [7, 11) is -3.07. The van der Waals surface area contributed by atoms with E-state index in [0.29, 0.717) is 32.1 Å². The Kier molecular flexibility index (Phi) is 11.2. The molecule has 0 aromatic carbocycles. The third-order valence-electron chi connectivity index (χ3n) is 4.49. The molecule has 2 saturated heterocycles. The van der Waals surface area contributed by atoms with E-state index < -0.39 is 10.0 Å². The molecule has 4 heterocycles. The Bertz CT molecular complexity index is 818. The number of nitrogens with zero attached hydrogens (tertiary/aromatic N) is 7. The first-order valence-corrected chi connectivity index (χ1v) is 11.1. The van der Waals surface area contributed by atoms with Crippen LogP contribution >= 0.6 is 24.8 Å². The van der Waals surface area contributed by atoms with Gasteiger partial charge in [0.05, 0.1) is 6.26 Å². The van der Waals surface area contributed by atoms with Crippen LogP contribution in [-0.4, -0.2) is 91.3 Å². The lowest BCUT2D eigenvalue weighted by Crippen LogP contribution is -2.48. The summed E-state index contributed by atoms with van der Waals surface area (Å²) in [5.41, 5.74) is 0. The number of sulfonamides is 1. The quantitative estimate of drug-likeness (QED) is 0.665. The lowest BCUT2D eigenvalue weighted by Gasteiger charge is -2.33. The average molecular weight is 479 g/mol. The fourth-order valence-corrected chi connectivity index (χ4v) is 3.82. The summed E-state index contributed by atoms with van der Waals surface area (Å²) in [6.07, 6.45) is 8.17. The molecule has 0 aliphatic carbocycles. The predicted molar refractivity (Wildman–Crippen MR) is 122 cm³/mol. The molecule has 10 nitrogen and oxygen atoms in total. The molecule has 0 atom stereocenters. The van der Waals surface area contributed by atoms with Crippen LogP contribution in [0.5, 0.6) is 0 Å². The van der Waals surface area contributed by atoms with Crippen LogP contribution in [0.3, 0.4) is 0 Å². The topological polar surface area (TPSA) is 107 Å². The molecule has 168 valence electrons. The second kappa shape index (κ2) is 12.8. The zero-order valence-electron chi connectivity index (χ0n) is 16.8. The molecule has 0 unspecified atom stereocenters. The highest BCUT2D eigenvalue weighted by molar-refractivity contribution is 7.88. The van der Waals surface area contributed by atoms with Crippen LogP contribution in [-0.2, 0) is 10.0 Å². The van der Waals surface area contributed by atoms with E-state index in [1.165, 1.54) is 10.6 Å². The second-order valence-electron chi connectivity index (χ2n) is 6.48. The molecule has 0 amide bonds. The lowest BCUT2D eigenvalue weighted by molar-refractivity contribution is 0.385. The molecule has 2 aliphatic heterocycles. The van der Waals surface area contributed by atoms with E-state index >= 15 is 0 Å². The van der Waals surface area contributed by atoms with Gasteiger partial charge in [-0.15, -0.1) is 24.8 Å². The zero-order chi connectivity index (χ0) is 19.8. The summed E-state index contributed by atoms with van der Waals surface area (Å²) < 4.78 is 24.1. The Hall–Kier alpha value is -1.79. The average Bonchev–Trinajstić information content (AvgIpc) is 2.76. The molecular formula is C17H28Cl2N8O2S. The molecule has 2 aliphatic rings. The van der Waals surface area contributed by atoms with Crippen molar-refractivity contribution in [3.63, 3.8) is 0 Å². The van der Waals surface area contributed by atoms with Gasteiger partial charge in [0.15, 0.2) is 0 Å². The van der Waals surface area contributed by atoms with Gasteiger partial charge in [-0.2, -0.15) is 4.31 Å². The predicted octanol–water partition coefficient (Wildman–Crippen LogP) is 0.288. The minimum atomic E-state index is -3.07. The Morgan fingerprint density at radius 2 is 1.13 bits per heavy atom. The number of piperazine rings is 2. The molecule has 2 aromatic heterocycles. The van der Waals surface area contributed by atoms with Crippen molar-refractivity contribution in [1.82, 2.24) is 29.6 Å². The van der Waals surface area contributed by atoms with E-state index in [4.69, 9.17) is 0 Å². The van der Waals surface area contributed by atoms with Gasteiger partial charge in [0, 0.05) is 77.1 Å². The maximum Gasteiger partial charge on any atom is 0.225 e. The van der Waals surface area contributed by atoms with E-state index in [-0.39, 0.29) is 24.8 Å². The number of hydrogen-bond donors (Lipinski definition) is 1. The van der Waals surface area contributed by atoms with E-state index in [1.54, 1.807) is 30.9 Å². The Morgan fingerprint density at radius 3 is 1.53 bits per heavy atom. The molecule has 4 rings (SSSR count). The van der Waals surface area contributed by atoms with Gasteiger partial charge in [0.1, 0.15) is 0 Å². The Morgan fingerprint density at radius 1 is 0.733 bits per heavy atom. The van der Waals surface area contributed by atoms with E-state index in [2.05, 4.69) is 30.2 Å². The molecule has 2 aromatic rings. The normalized spacial score (nSPS) is 17.1. The van der Waals surface area contributed by atoms with Gasteiger partial charge in [-0.25, -0.2) is 28.4 Å². The fraction of sp³-hybridized carbons (Fsp3) is 0.529. The van der Waals surface area contributed by atoms with Gasteiger partial charge in [-0.3, -0.25) is 0 Å². The third kappa shape index (κ3) is 7.80. The highest BCUT2D eigenvalue weighted by Gasteiger charge is 2.24. The van der Waals surface area contributed by atoms with Gasteiger partial charge in [-0.05, 0) is 12.1 Å². The third-order valence-corrected chi connectivity index (χ3v) is 5.80. The summed E-state index contributed by atoms with van der Waals surface area (Å²) in [5.74, 6) is 1.51. The number of halogens is 2. The molecule has 13 heteroatoms. The van der Waals surface area contributed by atoms with Crippen molar-refractivity contribution >= 4 is 46.7 Å². The molecule has 2 fully saturated rings. The SMILES string of the molecule is CS(=O)(=O)N1CCN(c2ncccn2)CC1.Cl.Cl.c1cnc(N2CCNCC2)nc1. The van der Waals surface area contributed by atoms with Gasteiger partial charge in [0.2, 0.25) is 21.9 Å². The Labute approximate surface area is 190 Å². The van der Waals surface area contributed by atoms with Crippen LogP contribution in [0.4, 0.5) is 11.9 Å². The molecule has 0 saturated carbocycles. The van der Waals surface area contributed by atoms with Crippen LogP contribution < -0.4 is 15.1 Å². The number of rotatable bonds is 3. The van der Waals surface area contributed by atoms with E-state index in [1.807, 2.05) is 11.0 Å². The maximum absolute atomic E-state index is 11.3. The molecule has 0 spiro atoms. The summed E-state index contributed by atoms with van der Waals surface area (Å²) >= 11 is 0. The van der Waals surface area contributed by atoms with Crippen molar-refractivity contribution in [3.8, 4) is 0 Å². The first-order chi connectivity index (χ1) is 13.5. The maximum atomic E-state index is 11.3. The smallest absolute Gasteiger partial charge is 0.225 e. The minimum absolute atomic E-state index is 0. The fourth-order valence-electron chi connectivity index (χ4n) is 2.99. The van der Waals surface area contributed by atoms with E-state index in [9.17, 15) is 8.42 Å². The van der Waals surface area contributed by atoms with Crippen LogP contribution in [0.25, 0.3) is 0 Å². The van der Waals surface area contributed by atoms with Crippen LogP contribution in [0, 0.1) is 0 Å². The standard InChI is InChI=1S/C9H14N4O2S.C8H12N4.2ClH/c1-16(14,15)13-7-5-12(6-8-13)9-10-3-2-4-11-9;1-2-10-8(11-3-1)12-6-4-9-5-7-12;;/h2-4H,5-8H2,1H3;1-3,9H,4-7H2;2*1H. The van der Waals surface area contributed by atoms with Crippen molar-refractivity contribution in [2.24, 2.45) is 0 Å². The first kappa shape index (κ1) is 26.2. The van der Waals surface area contributed by atoms with Crippen LogP contribution in [0.2, 0.25) is 0 Å². The summed E-state index contributed by atoms with van der Waals surface area (Å²) in [6.45, 7) is 6.33. The van der Waals surface area contributed by atoms with Crippen molar-refractivity contribution in [2.75, 3.05) is 68.4 Å².